The number of hydrogen-bond acceptors (Lipinski definition) is 4. The van der Waals surface area contributed by atoms with Crippen molar-refractivity contribution >= 4 is 17.5 Å². The molecule has 1 saturated carbocycles. The molecule has 2 aliphatic rings. The first-order valence-electron chi connectivity index (χ1n) is 7.21. The Bertz CT molecular complexity index is 451. The molecule has 2 heterocycles. The second kappa shape index (κ2) is 5.55. The largest absolute Gasteiger partial charge is 0.356 e. The maximum atomic E-state index is 12.1. The molecule has 5 heteroatoms. The summed E-state index contributed by atoms with van der Waals surface area (Å²) in [4.78, 5) is 22.7. The normalized spacial score (nSPS) is 19.9. The van der Waals surface area contributed by atoms with Crippen molar-refractivity contribution in [3.8, 4) is 0 Å². The van der Waals surface area contributed by atoms with Crippen LogP contribution in [0.2, 0.25) is 0 Å². The van der Waals surface area contributed by atoms with Crippen molar-refractivity contribution < 1.29 is 4.79 Å². The highest BCUT2D eigenvalue weighted by Crippen LogP contribution is 2.26. The zero-order valence-corrected chi connectivity index (χ0v) is 11.1. The third-order valence-electron chi connectivity index (χ3n) is 4.06. The number of rotatable bonds is 3. The average Bonchev–Trinajstić information content (AvgIpc) is 3.13. The molecule has 0 atom stereocenters. The average molecular weight is 260 g/mol. The van der Waals surface area contributed by atoms with Crippen LogP contribution in [0.25, 0.3) is 0 Å². The number of nitrogens with zero attached hydrogens (tertiary/aromatic N) is 3. The predicted molar refractivity (Wildman–Crippen MR) is 74.1 cm³/mol. The Morgan fingerprint density at radius 1 is 1.16 bits per heavy atom. The van der Waals surface area contributed by atoms with E-state index in [9.17, 15) is 4.79 Å². The molecule has 1 aromatic rings. The highest BCUT2D eigenvalue weighted by molar-refractivity contribution is 5.92. The van der Waals surface area contributed by atoms with E-state index in [0.29, 0.717) is 5.82 Å². The van der Waals surface area contributed by atoms with E-state index in [-0.39, 0.29) is 11.8 Å². The molecule has 2 fully saturated rings. The van der Waals surface area contributed by atoms with Crippen molar-refractivity contribution in [2.24, 2.45) is 5.92 Å². The maximum absolute atomic E-state index is 12.1. The third kappa shape index (κ3) is 2.85. The summed E-state index contributed by atoms with van der Waals surface area (Å²) in [6, 6.07) is 1.89. The molecule has 0 radical (unpaired) electrons. The van der Waals surface area contributed by atoms with Gasteiger partial charge >= 0.3 is 0 Å². The van der Waals surface area contributed by atoms with Crippen LogP contribution in [0.4, 0.5) is 11.6 Å². The molecule has 0 bridgehead atoms. The summed E-state index contributed by atoms with van der Waals surface area (Å²) >= 11 is 0. The zero-order chi connectivity index (χ0) is 13.1. The summed E-state index contributed by atoms with van der Waals surface area (Å²) < 4.78 is 0. The number of anilines is 2. The van der Waals surface area contributed by atoms with Crippen molar-refractivity contribution in [1.82, 2.24) is 9.97 Å². The van der Waals surface area contributed by atoms with E-state index in [0.717, 1.165) is 31.7 Å². The highest BCUT2D eigenvalue weighted by Gasteiger charge is 2.23. The summed E-state index contributed by atoms with van der Waals surface area (Å²) in [5.74, 6) is 1.84. The van der Waals surface area contributed by atoms with Crippen LogP contribution in [0.5, 0.6) is 0 Å². The second-order valence-corrected chi connectivity index (χ2v) is 5.43. The van der Waals surface area contributed by atoms with Gasteiger partial charge in [-0.05, 0) is 25.7 Å². The van der Waals surface area contributed by atoms with Gasteiger partial charge in [-0.3, -0.25) is 4.79 Å². The second-order valence-electron chi connectivity index (χ2n) is 5.43. The summed E-state index contributed by atoms with van der Waals surface area (Å²) in [5.41, 5.74) is 0. The van der Waals surface area contributed by atoms with Gasteiger partial charge in [0.1, 0.15) is 18.0 Å². The molecule has 102 valence electrons. The van der Waals surface area contributed by atoms with Crippen molar-refractivity contribution in [2.75, 3.05) is 23.3 Å². The summed E-state index contributed by atoms with van der Waals surface area (Å²) in [5, 5.41) is 2.93. The van der Waals surface area contributed by atoms with Gasteiger partial charge in [-0.15, -0.1) is 0 Å². The third-order valence-corrected chi connectivity index (χ3v) is 4.06. The van der Waals surface area contributed by atoms with E-state index in [4.69, 9.17) is 0 Å². The van der Waals surface area contributed by atoms with E-state index in [2.05, 4.69) is 20.2 Å². The monoisotopic (exact) mass is 260 g/mol. The van der Waals surface area contributed by atoms with Crippen LogP contribution in [-0.2, 0) is 4.79 Å². The van der Waals surface area contributed by atoms with Crippen molar-refractivity contribution in [3.05, 3.63) is 12.4 Å². The Balaban J connectivity index is 1.66. The van der Waals surface area contributed by atoms with Gasteiger partial charge in [0, 0.05) is 25.1 Å². The fraction of sp³-hybridized carbons (Fsp3) is 0.643. The van der Waals surface area contributed by atoms with Crippen molar-refractivity contribution in [1.29, 1.82) is 0 Å². The van der Waals surface area contributed by atoms with Gasteiger partial charge in [-0.1, -0.05) is 12.8 Å². The van der Waals surface area contributed by atoms with Gasteiger partial charge in [0.15, 0.2) is 0 Å². The molecule has 5 nitrogen and oxygen atoms in total. The van der Waals surface area contributed by atoms with Crippen molar-refractivity contribution in [2.45, 2.75) is 38.5 Å². The zero-order valence-electron chi connectivity index (χ0n) is 11.1. The first kappa shape index (κ1) is 12.4. The van der Waals surface area contributed by atoms with Crippen LogP contribution in [0.15, 0.2) is 12.4 Å². The Morgan fingerprint density at radius 3 is 2.63 bits per heavy atom. The number of aromatic nitrogens is 2. The number of hydrogen-bond donors (Lipinski definition) is 1. The molecule has 0 spiro atoms. The predicted octanol–water partition coefficient (Wildman–Crippen LogP) is 2.21. The Hall–Kier alpha value is -1.65. The summed E-state index contributed by atoms with van der Waals surface area (Å²) in [6.45, 7) is 2.10. The smallest absolute Gasteiger partial charge is 0.228 e. The highest BCUT2D eigenvalue weighted by atomic mass is 16.1. The number of carbonyl (C=O) groups is 1. The fourth-order valence-electron chi connectivity index (χ4n) is 2.95. The molecular weight excluding hydrogens is 240 g/mol. The molecule has 0 aromatic carbocycles. The van der Waals surface area contributed by atoms with Crippen LogP contribution < -0.4 is 10.2 Å². The Morgan fingerprint density at radius 2 is 1.89 bits per heavy atom. The lowest BCUT2D eigenvalue weighted by atomic mass is 10.1. The minimum Gasteiger partial charge on any atom is -0.356 e. The quantitative estimate of drug-likeness (QED) is 0.905. The van der Waals surface area contributed by atoms with Gasteiger partial charge in [-0.2, -0.15) is 0 Å². The maximum Gasteiger partial charge on any atom is 0.228 e. The molecule has 1 aliphatic heterocycles. The van der Waals surface area contributed by atoms with E-state index in [1.165, 1.54) is 32.0 Å². The lowest BCUT2D eigenvalue weighted by Crippen LogP contribution is -2.22. The molecule has 1 N–H and O–H groups in total. The Labute approximate surface area is 113 Å². The topological polar surface area (TPSA) is 58.1 Å². The minimum absolute atomic E-state index is 0.114. The van der Waals surface area contributed by atoms with E-state index in [1.54, 1.807) is 0 Å². The van der Waals surface area contributed by atoms with E-state index >= 15 is 0 Å². The molecule has 1 amide bonds. The standard InChI is InChI=1S/C14H20N4O/c19-14(11-5-1-2-6-11)17-12-9-13(16-10-15-12)18-7-3-4-8-18/h9-11H,1-8H2,(H,15,16,17,19). The van der Waals surface area contributed by atoms with Crippen LogP contribution in [0.3, 0.4) is 0 Å². The van der Waals surface area contributed by atoms with Crippen LogP contribution in [0.1, 0.15) is 38.5 Å². The number of nitrogens with one attached hydrogen (secondary N) is 1. The van der Waals surface area contributed by atoms with Gasteiger partial charge in [0.05, 0.1) is 0 Å². The van der Waals surface area contributed by atoms with Gasteiger partial charge < -0.3 is 10.2 Å². The molecular formula is C14H20N4O. The number of amides is 1. The lowest BCUT2D eigenvalue weighted by Gasteiger charge is -2.17. The van der Waals surface area contributed by atoms with Gasteiger partial charge in [0.25, 0.3) is 0 Å². The molecule has 0 unspecified atom stereocenters. The van der Waals surface area contributed by atoms with Crippen LogP contribution >= 0.6 is 0 Å². The van der Waals surface area contributed by atoms with Gasteiger partial charge in [-0.25, -0.2) is 9.97 Å². The van der Waals surface area contributed by atoms with E-state index < -0.39 is 0 Å². The number of carbonyl (C=O) groups excluding carboxylic acids is 1. The molecule has 1 aromatic heterocycles. The molecule has 1 aliphatic carbocycles. The van der Waals surface area contributed by atoms with Gasteiger partial charge in [0.2, 0.25) is 5.91 Å². The van der Waals surface area contributed by atoms with Crippen LogP contribution in [0, 0.1) is 5.92 Å². The molecule has 19 heavy (non-hydrogen) atoms. The minimum atomic E-state index is 0.114. The van der Waals surface area contributed by atoms with E-state index in [1.807, 2.05) is 6.07 Å². The molecule has 3 rings (SSSR count). The first-order valence-corrected chi connectivity index (χ1v) is 7.21. The fourth-order valence-corrected chi connectivity index (χ4v) is 2.95. The Kier molecular flexibility index (Phi) is 3.62. The molecule has 1 saturated heterocycles. The SMILES string of the molecule is O=C(Nc1cc(N2CCCC2)ncn1)C1CCCC1. The lowest BCUT2D eigenvalue weighted by molar-refractivity contribution is -0.119. The first-order chi connectivity index (χ1) is 9.33. The summed E-state index contributed by atoms with van der Waals surface area (Å²) in [7, 11) is 0. The van der Waals surface area contributed by atoms with Crippen LogP contribution in [-0.4, -0.2) is 29.0 Å². The summed E-state index contributed by atoms with van der Waals surface area (Å²) in [6.07, 6.45) is 8.33. The van der Waals surface area contributed by atoms with Crippen molar-refractivity contribution in [3.63, 3.8) is 0 Å².